The first-order chi connectivity index (χ1) is 7.10. The van der Waals surface area contributed by atoms with E-state index in [2.05, 4.69) is 27.0 Å². The molecule has 0 bridgehead atoms. The molecular formula is C14H18O. The Labute approximate surface area is 92.1 Å². The van der Waals surface area contributed by atoms with Crippen LogP contribution < -0.4 is 4.74 Å². The lowest BCUT2D eigenvalue weighted by Gasteiger charge is -2.14. The third-order valence-electron chi connectivity index (χ3n) is 2.52. The highest BCUT2D eigenvalue weighted by atomic mass is 16.5. The number of ether oxygens (including phenoxy) is 1. The predicted molar refractivity (Wildman–Crippen MR) is 67.0 cm³/mol. The molecule has 0 atom stereocenters. The maximum absolute atomic E-state index is 5.21. The molecule has 1 heteroatoms. The number of rotatable bonds is 4. The van der Waals surface area contributed by atoms with Crippen LogP contribution in [0.3, 0.4) is 0 Å². The van der Waals surface area contributed by atoms with Crippen molar-refractivity contribution in [3.05, 3.63) is 42.5 Å². The van der Waals surface area contributed by atoms with Crippen LogP contribution >= 0.6 is 0 Å². The van der Waals surface area contributed by atoms with Crippen LogP contribution in [0.1, 0.15) is 25.0 Å². The van der Waals surface area contributed by atoms with Crippen molar-refractivity contribution in [1.29, 1.82) is 0 Å². The van der Waals surface area contributed by atoms with Gasteiger partial charge in [-0.2, -0.15) is 0 Å². The number of hydrogen-bond acceptors (Lipinski definition) is 1. The zero-order valence-corrected chi connectivity index (χ0v) is 9.71. The lowest BCUT2D eigenvalue weighted by molar-refractivity contribution is 0.414. The average molecular weight is 202 g/mol. The van der Waals surface area contributed by atoms with Crippen molar-refractivity contribution in [2.45, 2.75) is 13.8 Å². The molecule has 0 aliphatic rings. The largest absolute Gasteiger partial charge is 0.497 e. The minimum Gasteiger partial charge on any atom is -0.497 e. The molecule has 0 N–H and O–H groups in total. The summed E-state index contributed by atoms with van der Waals surface area (Å²) in [5.74, 6) is 1.29. The lowest BCUT2D eigenvalue weighted by atomic mass is 9.93. The summed E-state index contributed by atoms with van der Waals surface area (Å²) < 4.78 is 5.21. The zero-order valence-electron chi connectivity index (χ0n) is 9.71. The minimum atomic E-state index is 0.427. The van der Waals surface area contributed by atoms with Crippen molar-refractivity contribution < 1.29 is 4.74 Å². The molecular weight excluding hydrogens is 184 g/mol. The van der Waals surface area contributed by atoms with Gasteiger partial charge in [0, 0.05) is 0 Å². The van der Waals surface area contributed by atoms with Crippen molar-refractivity contribution >= 4 is 11.6 Å². The molecule has 0 heterocycles. The molecule has 1 aromatic carbocycles. The average Bonchev–Trinajstić information content (AvgIpc) is 2.27. The van der Waals surface area contributed by atoms with E-state index < -0.39 is 0 Å². The van der Waals surface area contributed by atoms with E-state index in [1.54, 1.807) is 7.11 Å². The van der Waals surface area contributed by atoms with Gasteiger partial charge >= 0.3 is 0 Å². The van der Waals surface area contributed by atoms with Crippen molar-refractivity contribution in [3.63, 3.8) is 0 Å². The number of benzene rings is 1. The van der Waals surface area contributed by atoms with Crippen LogP contribution in [0.2, 0.25) is 0 Å². The fourth-order valence-electron chi connectivity index (χ4n) is 1.43. The van der Waals surface area contributed by atoms with Gasteiger partial charge in [-0.25, -0.2) is 0 Å². The van der Waals surface area contributed by atoms with Crippen LogP contribution in [-0.2, 0) is 0 Å². The number of allylic oxidation sites excluding steroid dienone is 1. The summed E-state index contributed by atoms with van der Waals surface area (Å²) in [5, 5.41) is 0. The maximum Gasteiger partial charge on any atom is 0.119 e. The van der Waals surface area contributed by atoms with Crippen molar-refractivity contribution in [2.24, 2.45) is 5.92 Å². The second-order valence-corrected chi connectivity index (χ2v) is 3.84. The topological polar surface area (TPSA) is 9.23 Å². The van der Waals surface area contributed by atoms with Crippen LogP contribution in [0.5, 0.6) is 5.75 Å². The molecule has 0 aliphatic carbocycles. The van der Waals surface area contributed by atoms with Crippen LogP contribution in [0.15, 0.2) is 31.4 Å². The van der Waals surface area contributed by atoms with E-state index in [0.717, 1.165) is 22.4 Å². The molecule has 15 heavy (non-hydrogen) atoms. The molecule has 0 amide bonds. The molecule has 1 rings (SSSR count). The predicted octanol–water partition coefficient (Wildman–Crippen LogP) is 4.01. The third-order valence-corrected chi connectivity index (χ3v) is 2.52. The minimum absolute atomic E-state index is 0.427. The molecule has 80 valence electrons. The normalized spacial score (nSPS) is 10.1. The second kappa shape index (κ2) is 4.83. The summed E-state index contributed by atoms with van der Waals surface area (Å²) >= 11 is 0. The molecule has 0 spiro atoms. The van der Waals surface area contributed by atoms with Crippen molar-refractivity contribution in [1.82, 2.24) is 0 Å². The van der Waals surface area contributed by atoms with E-state index in [1.165, 1.54) is 0 Å². The Bertz CT molecular complexity index is 375. The van der Waals surface area contributed by atoms with Gasteiger partial charge < -0.3 is 4.74 Å². The van der Waals surface area contributed by atoms with Crippen molar-refractivity contribution in [3.8, 4) is 5.75 Å². The Kier molecular flexibility index (Phi) is 3.73. The smallest absolute Gasteiger partial charge is 0.119 e. The summed E-state index contributed by atoms with van der Waals surface area (Å²) in [6.45, 7) is 12.2. The van der Waals surface area contributed by atoms with Gasteiger partial charge in [-0.05, 0) is 34.8 Å². The van der Waals surface area contributed by atoms with Gasteiger partial charge in [0.25, 0.3) is 0 Å². The first-order valence-electron chi connectivity index (χ1n) is 5.09. The molecule has 0 unspecified atom stereocenters. The molecule has 0 fully saturated rings. The van der Waals surface area contributed by atoms with Crippen molar-refractivity contribution in [2.75, 3.05) is 7.11 Å². The van der Waals surface area contributed by atoms with E-state index in [1.807, 2.05) is 24.3 Å². The first kappa shape index (κ1) is 11.6. The SMILES string of the molecule is C=Cc1ccc(OC)cc1C(=C)C(C)C. The summed E-state index contributed by atoms with van der Waals surface area (Å²) in [7, 11) is 1.67. The molecule has 0 aromatic heterocycles. The van der Waals surface area contributed by atoms with Gasteiger partial charge in [0.1, 0.15) is 5.75 Å². The van der Waals surface area contributed by atoms with E-state index in [-0.39, 0.29) is 0 Å². The van der Waals surface area contributed by atoms with E-state index in [4.69, 9.17) is 4.74 Å². The van der Waals surface area contributed by atoms with E-state index >= 15 is 0 Å². The van der Waals surface area contributed by atoms with Crippen LogP contribution in [0, 0.1) is 5.92 Å². The van der Waals surface area contributed by atoms with Gasteiger partial charge in [0.05, 0.1) is 7.11 Å². The zero-order chi connectivity index (χ0) is 11.4. The number of methoxy groups -OCH3 is 1. The Morgan fingerprint density at radius 2 is 2.07 bits per heavy atom. The fraction of sp³-hybridized carbons (Fsp3) is 0.286. The molecule has 0 saturated carbocycles. The Hall–Kier alpha value is -1.50. The van der Waals surface area contributed by atoms with Gasteiger partial charge in [0.2, 0.25) is 0 Å². The summed E-state index contributed by atoms with van der Waals surface area (Å²) in [5.41, 5.74) is 3.35. The molecule has 0 aliphatic heterocycles. The Balaban J connectivity index is 3.23. The van der Waals surface area contributed by atoms with E-state index in [0.29, 0.717) is 5.92 Å². The van der Waals surface area contributed by atoms with Gasteiger partial charge in [-0.1, -0.05) is 39.1 Å². The lowest BCUT2D eigenvalue weighted by Crippen LogP contribution is -1.96. The second-order valence-electron chi connectivity index (χ2n) is 3.84. The fourth-order valence-corrected chi connectivity index (χ4v) is 1.43. The quantitative estimate of drug-likeness (QED) is 0.717. The summed E-state index contributed by atoms with van der Waals surface area (Å²) in [4.78, 5) is 0. The molecule has 1 nitrogen and oxygen atoms in total. The Morgan fingerprint density at radius 1 is 1.40 bits per heavy atom. The Morgan fingerprint density at radius 3 is 2.53 bits per heavy atom. The first-order valence-corrected chi connectivity index (χ1v) is 5.09. The summed E-state index contributed by atoms with van der Waals surface area (Å²) in [6.07, 6.45) is 1.85. The van der Waals surface area contributed by atoms with Gasteiger partial charge in [0.15, 0.2) is 0 Å². The van der Waals surface area contributed by atoms with Crippen LogP contribution in [0.25, 0.3) is 11.6 Å². The summed E-state index contributed by atoms with van der Waals surface area (Å²) in [6, 6.07) is 5.96. The highest BCUT2D eigenvalue weighted by Crippen LogP contribution is 2.28. The monoisotopic (exact) mass is 202 g/mol. The highest BCUT2D eigenvalue weighted by Gasteiger charge is 2.08. The van der Waals surface area contributed by atoms with Crippen LogP contribution in [0.4, 0.5) is 0 Å². The molecule has 0 radical (unpaired) electrons. The maximum atomic E-state index is 5.21. The third kappa shape index (κ3) is 2.50. The van der Waals surface area contributed by atoms with E-state index in [9.17, 15) is 0 Å². The van der Waals surface area contributed by atoms with Gasteiger partial charge in [-0.15, -0.1) is 0 Å². The van der Waals surface area contributed by atoms with Crippen LogP contribution in [-0.4, -0.2) is 7.11 Å². The standard InChI is InChI=1S/C14H18O/c1-6-12-7-8-13(15-5)9-14(12)11(4)10(2)3/h6-10H,1,4H2,2-3,5H3. The van der Waals surface area contributed by atoms with Gasteiger partial charge in [-0.3, -0.25) is 0 Å². The number of hydrogen-bond donors (Lipinski definition) is 0. The molecule has 0 saturated heterocycles. The highest BCUT2D eigenvalue weighted by molar-refractivity contribution is 5.74. The molecule has 1 aromatic rings.